The summed E-state index contributed by atoms with van der Waals surface area (Å²) in [6.07, 6.45) is 4.69. The van der Waals surface area contributed by atoms with Crippen molar-refractivity contribution < 1.29 is 5.11 Å². The van der Waals surface area contributed by atoms with E-state index in [1.54, 1.807) is 24.5 Å². The summed E-state index contributed by atoms with van der Waals surface area (Å²) in [4.78, 5) is 3.25. The fraction of sp³-hybridized carbons (Fsp3) is 0.188. The summed E-state index contributed by atoms with van der Waals surface area (Å²) in [7, 11) is 0. The minimum atomic E-state index is -1.39. The van der Waals surface area contributed by atoms with Crippen LogP contribution in [-0.4, -0.2) is 14.9 Å². The number of benzene rings is 1. The Morgan fingerprint density at radius 3 is 2.35 bits per heavy atom. The zero-order valence-electron chi connectivity index (χ0n) is 10.8. The largest absolute Gasteiger partial charge is 0.380 e. The van der Waals surface area contributed by atoms with Gasteiger partial charge in [-0.05, 0) is 11.6 Å². The molecule has 0 saturated heterocycles. The number of alkyl halides is 2. The lowest BCUT2D eigenvalue weighted by atomic mass is 9.79. The van der Waals surface area contributed by atoms with E-state index < -0.39 is 16.4 Å². The van der Waals surface area contributed by atoms with Gasteiger partial charge in [0.2, 0.25) is 0 Å². The quantitative estimate of drug-likeness (QED) is 0.668. The Labute approximate surface area is 128 Å². The number of hydrogen-bond donors (Lipinski definition) is 1. The molecule has 0 fully saturated rings. The second kappa shape index (κ2) is 6.40. The average Bonchev–Trinajstić information content (AvgIpc) is 2.49. The molecule has 0 aliphatic rings. The highest BCUT2D eigenvalue weighted by molar-refractivity contribution is 6.44. The van der Waals surface area contributed by atoms with Gasteiger partial charge in [-0.25, -0.2) is 0 Å². The van der Waals surface area contributed by atoms with Crippen LogP contribution < -0.4 is 0 Å². The van der Waals surface area contributed by atoms with Crippen LogP contribution in [0, 0.1) is 0 Å². The molecule has 0 aliphatic carbocycles. The predicted molar refractivity (Wildman–Crippen MR) is 83.0 cm³/mol. The molecule has 1 heterocycles. The molecule has 20 heavy (non-hydrogen) atoms. The van der Waals surface area contributed by atoms with Gasteiger partial charge in [0.05, 0.1) is 5.92 Å². The van der Waals surface area contributed by atoms with Gasteiger partial charge in [-0.3, -0.25) is 4.98 Å². The van der Waals surface area contributed by atoms with Gasteiger partial charge >= 0.3 is 0 Å². The normalized spacial score (nSPS) is 15.6. The van der Waals surface area contributed by atoms with E-state index in [1.807, 2.05) is 30.3 Å². The van der Waals surface area contributed by atoms with Crippen molar-refractivity contribution >= 4 is 23.2 Å². The Balaban J connectivity index is 2.54. The lowest BCUT2D eigenvalue weighted by Crippen LogP contribution is -2.35. The lowest BCUT2D eigenvalue weighted by Gasteiger charge is -2.35. The van der Waals surface area contributed by atoms with Crippen LogP contribution in [0.3, 0.4) is 0 Å². The zero-order chi connectivity index (χ0) is 14.6. The highest BCUT2D eigenvalue weighted by atomic mass is 35.5. The summed E-state index contributed by atoms with van der Waals surface area (Å²) in [6.45, 7) is 3.74. The van der Waals surface area contributed by atoms with Crippen molar-refractivity contribution in [2.24, 2.45) is 0 Å². The van der Waals surface area contributed by atoms with Crippen LogP contribution in [0.25, 0.3) is 0 Å². The molecule has 0 amide bonds. The van der Waals surface area contributed by atoms with Crippen LogP contribution in [0.2, 0.25) is 0 Å². The third-order valence-corrected chi connectivity index (χ3v) is 3.82. The van der Waals surface area contributed by atoms with Gasteiger partial charge in [-0.15, -0.1) is 23.2 Å². The molecule has 1 N–H and O–H groups in total. The molecular weight excluding hydrogens is 293 g/mol. The van der Waals surface area contributed by atoms with Gasteiger partial charge in [0.1, 0.15) is 10.4 Å². The Hall–Kier alpha value is -1.35. The lowest BCUT2D eigenvalue weighted by molar-refractivity contribution is 0.0620. The van der Waals surface area contributed by atoms with E-state index in [1.165, 1.54) is 6.08 Å². The smallest absolute Gasteiger partial charge is 0.118 e. The van der Waals surface area contributed by atoms with Gasteiger partial charge in [0, 0.05) is 18.0 Å². The minimum Gasteiger partial charge on any atom is -0.380 e. The molecule has 2 rings (SSSR count). The van der Waals surface area contributed by atoms with E-state index in [0.29, 0.717) is 5.56 Å². The minimum absolute atomic E-state index is 0.534. The van der Waals surface area contributed by atoms with E-state index in [-0.39, 0.29) is 0 Å². The summed E-state index contributed by atoms with van der Waals surface area (Å²) >= 11 is 12.3. The Bertz CT molecular complexity index is 559. The first kappa shape index (κ1) is 15.0. The molecule has 0 aliphatic heterocycles. The van der Waals surface area contributed by atoms with Crippen molar-refractivity contribution in [3.8, 4) is 0 Å². The molecule has 104 valence electrons. The third kappa shape index (κ3) is 2.88. The van der Waals surface area contributed by atoms with Crippen molar-refractivity contribution in [1.82, 2.24) is 4.98 Å². The number of pyridine rings is 1. The van der Waals surface area contributed by atoms with E-state index in [2.05, 4.69) is 11.6 Å². The van der Waals surface area contributed by atoms with Crippen LogP contribution in [0.4, 0.5) is 0 Å². The number of nitrogens with zero attached hydrogens (tertiary/aromatic N) is 1. The van der Waals surface area contributed by atoms with Gasteiger partial charge in [-0.1, -0.05) is 49.1 Å². The first-order valence-electron chi connectivity index (χ1n) is 6.19. The summed E-state index contributed by atoms with van der Waals surface area (Å²) in [5, 5.41) is 11.0. The van der Waals surface area contributed by atoms with Crippen LogP contribution >= 0.6 is 23.2 Å². The molecule has 2 nitrogen and oxygen atoms in total. The molecule has 0 saturated carbocycles. The van der Waals surface area contributed by atoms with Gasteiger partial charge in [-0.2, -0.15) is 0 Å². The SMILES string of the molecule is C=CC(O)(c1cccnc1)C(c1ccccc1)C(Cl)Cl. The molecule has 1 aromatic carbocycles. The van der Waals surface area contributed by atoms with Crippen molar-refractivity contribution in [3.63, 3.8) is 0 Å². The first-order valence-corrected chi connectivity index (χ1v) is 7.06. The van der Waals surface area contributed by atoms with Crippen LogP contribution in [0.15, 0.2) is 67.5 Å². The Morgan fingerprint density at radius 1 is 1.15 bits per heavy atom. The van der Waals surface area contributed by atoms with Gasteiger partial charge in [0.15, 0.2) is 0 Å². The van der Waals surface area contributed by atoms with Crippen LogP contribution in [0.5, 0.6) is 0 Å². The third-order valence-electron chi connectivity index (χ3n) is 3.32. The molecule has 0 spiro atoms. The summed E-state index contributed by atoms with van der Waals surface area (Å²) < 4.78 is 0. The Morgan fingerprint density at radius 2 is 1.85 bits per heavy atom. The molecule has 0 radical (unpaired) electrons. The molecule has 1 aromatic heterocycles. The van der Waals surface area contributed by atoms with Crippen molar-refractivity contribution in [2.45, 2.75) is 16.4 Å². The summed E-state index contributed by atoms with van der Waals surface area (Å²) in [6, 6.07) is 13.0. The molecule has 2 aromatic rings. The van der Waals surface area contributed by atoms with Crippen molar-refractivity contribution in [1.29, 1.82) is 0 Å². The highest BCUT2D eigenvalue weighted by Crippen LogP contribution is 2.43. The second-order valence-corrected chi connectivity index (χ2v) is 5.66. The monoisotopic (exact) mass is 307 g/mol. The van der Waals surface area contributed by atoms with Crippen LogP contribution in [0.1, 0.15) is 17.0 Å². The van der Waals surface area contributed by atoms with Gasteiger partial charge in [0.25, 0.3) is 0 Å². The number of aromatic nitrogens is 1. The maximum Gasteiger partial charge on any atom is 0.118 e. The van der Waals surface area contributed by atoms with Crippen molar-refractivity contribution in [3.05, 3.63) is 78.6 Å². The second-order valence-electron chi connectivity index (χ2n) is 4.49. The maximum atomic E-state index is 11.0. The summed E-state index contributed by atoms with van der Waals surface area (Å²) in [5.41, 5.74) is 0.0629. The van der Waals surface area contributed by atoms with E-state index in [0.717, 1.165) is 5.56 Å². The highest BCUT2D eigenvalue weighted by Gasteiger charge is 2.40. The number of rotatable bonds is 5. The average molecular weight is 308 g/mol. The van der Waals surface area contributed by atoms with E-state index >= 15 is 0 Å². The molecule has 2 unspecified atom stereocenters. The molecular formula is C16H15Cl2NO. The molecule has 4 heteroatoms. The number of halogens is 2. The number of hydrogen-bond acceptors (Lipinski definition) is 2. The van der Waals surface area contributed by atoms with E-state index in [4.69, 9.17) is 23.2 Å². The maximum absolute atomic E-state index is 11.0. The topological polar surface area (TPSA) is 33.1 Å². The fourth-order valence-corrected chi connectivity index (χ4v) is 2.95. The molecule has 2 atom stereocenters. The summed E-state index contributed by atoms with van der Waals surface area (Å²) in [5.74, 6) is -0.534. The Kier molecular flexibility index (Phi) is 4.81. The fourth-order valence-electron chi connectivity index (χ4n) is 2.28. The van der Waals surface area contributed by atoms with Gasteiger partial charge < -0.3 is 5.11 Å². The zero-order valence-corrected chi connectivity index (χ0v) is 12.3. The van der Waals surface area contributed by atoms with Crippen LogP contribution in [-0.2, 0) is 5.60 Å². The number of aliphatic hydroxyl groups is 1. The molecule has 0 bridgehead atoms. The van der Waals surface area contributed by atoms with Crippen molar-refractivity contribution in [2.75, 3.05) is 0 Å². The van der Waals surface area contributed by atoms with E-state index in [9.17, 15) is 5.11 Å². The first-order chi connectivity index (χ1) is 9.59. The predicted octanol–water partition coefficient (Wildman–Crippen LogP) is 4.04. The standard InChI is InChI=1S/C16H15Cl2NO/c1-2-16(20,13-9-6-10-19-11-13)14(15(17)18)12-7-4-3-5-8-12/h2-11,14-15,20H,1H2.